The zero-order chi connectivity index (χ0) is 18.1. The van der Waals surface area contributed by atoms with Crippen LogP contribution in [0.2, 0.25) is 0 Å². The molecular weight excluding hydrogens is 351 g/mol. The highest BCUT2D eigenvalue weighted by molar-refractivity contribution is 8.18. The summed E-state index contributed by atoms with van der Waals surface area (Å²) in [6.45, 7) is 0.767. The van der Waals surface area contributed by atoms with E-state index in [9.17, 15) is 14.0 Å². The summed E-state index contributed by atoms with van der Waals surface area (Å²) in [7, 11) is 0. The van der Waals surface area contributed by atoms with Gasteiger partial charge in [0.25, 0.3) is 11.1 Å². The van der Waals surface area contributed by atoms with Gasteiger partial charge in [0.05, 0.1) is 4.91 Å². The van der Waals surface area contributed by atoms with E-state index >= 15 is 0 Å². The van der Waals surface area contributed by atoms with Crippen LogP contribution in [0.4, 0.5) is 9.18 Å². The van der Waals surface area contributed by atoms with E-state index in [0.29, 0.717) is 4.91 Å². The summed E-state index contributed by atoms with van der Waals surface area (Å²) < 4.78 is 15.1. The summed E-state index contributed by atoms with van der Waals surface area (Å²) >= 11 is 0.917. The van der Waals surface area contributed by atoms with Gasteiger partial charge in [-0.3, -0.25) is 14.9 Å². The molecule has 0 unspecified atom stereocenters. The normalized spacial score (nSPS) is 15.8. The average molecular weight is 366 g/mol. The number of nitrogens with one attached hydrogen (secondary N) is 1. The molecule has 26 heavy (non-hydrogen) atoms. The molecule has 2 amide bonds. The monoisotopic (exact) mass is 366 g/mol. The van der Waals surface area contributed by atoms with E-state index in [1.165, 1.54) is 12.1 Å². The molecule has 1 aliphatic heterocycles. The lowest BCUT2D eigenvalue weighted by Gasteiger charge is -2.07. The fourth-order valence-corrected chi connectivity index (χ4v) is 3.70. The number of nitrogens with zero attached hydrogens (tertiary/aromatic N) is 1. The molecule has 2 aromatic carbocycles. The van der Waals surface area contributed by atoms with E-state index in [-0.39, 0.29) is 17.0 Å². The van der Waals surface area contributed by atoms with E-state index in [2.05, 4.69) is 9.88 Å². The molecule has 130 valence electrons. The lowest BCUT2D eigenvalue weighted by atomic mass is 10.1. The molecule has 0 spiro atoms. The van der Waals surface area contributed by atoms with Crippen molar-refractivity contribution in [3.63, 3.8) is 0 Å². The Balaban J connectivity index is 1.61. The summed E-state index contributed by atoms with van der Waals surface area (Å²) in [5.74, 6) is -0.585. The smallest absolute Gasteiger partial charge is 0.290 e. The van der Waals surface area contributed by atoms with Crippen LogP contribution >= 0.6 is 11.8 Å². The van der Waals surface area contributed by atoms with Crippen LogP contribution in [0.1, 0.15) is 11.1 Å². The maximum atomic E-state index is 13.0. The Morgan fingerprint density at radius 1 is 1.08 bits per heavy atom. The van der Waals surface area contributed by atoms with E-state index in [4.69, 9.17) is 0 Å². The lowest BCUT2D eigenvalue weighted by Crippen LogP contribution is -2.17. The quantitative estimate of drug-likeness (QED) is 0.699. The fourth-order valence-electron chi connectivity index (χ4n) is 3.03. The summed E-state index contributed by atoms with van der Waals surface area (Å²) in [6, 6.07) is 14.4. The third kappa shape index (κ3) is 3.28. The zero-order valence-electron chi connectivity index (χ0n) is 13.7. The van der Waals surface area contributed by atoms with Gasteiger partial charge in [0.15, 0.2) is 0 Å². The van der Waals surface area contributed by atoms with Gasteiger partial charge >= 0.3 is 0 Å². The van der Waals surface area contributed by atoms with Crippen LogP contribution in [-0.4, -0.2) is 15.7 Å². The van der Waals surface area contributed by atoms with Gasteiger partial charge in [0, 0.05) is 23.6 Å². The molecule has 1 saturated heterocycles. The molecule has 1 fully saturated rings. The minimum atomic E-state index is -0.354. The molecule has 0 saturated carbocycles. The van der Waals surface area contributed by atoms with Crippen molar-refractivity contribution < 1.29 is 14.0 Å². The second kappa shape index (κ2) is 6.80. The zero-order valence-corrected chi connectivity index (χ0v) is 14.6. The van der Waals surface area contributed by atoms with Crippen molar-refractivity contribution in [1.82, 2.24) is 9.88 Å². The number of carbonyl (C=O) groups is 2. The Labute approximate surface area is 153 Å². The van der Waals surface area contributed by atoms with Crippen LogP contribution < -0.4 is 5.32 Å². The molecule has 3 aromatic rings. The maximum Gasteiger partial charge on any atom is 0.290 e. The van der Waals surface area contributed by atoms with Gasteiger partial charge in [0.2, 0.25) is 0 Å². The number of thioether (sulfide) groups is 1. The van der Waals surface area contributed by atoms with Crippen molar-refractivity contribution in [3.8, 4) is 0 Å². The molecule has 1 N–H and O–H groups in total. The third-order valence-corrected chi connectivity index (χ3v) is 5.14. The van der Waals surface area contributed by atoms with Crippen molar-refractivity contribution in [3.05, 3.63) is 76.6 Å². The Bertz CT molecular complexity index is 1040. The lowest BCUT2D eigenvalue weighted by molar-refractivity contribution is -0.115. The second-order valence-corrected chi connectivity index (χ2v) is 7.03. The highest BCUT2D eigenvalue weighted by atomic mass is 32.2. The molecule has 6 heteroatoms. The first-order chi connectivity index (χ1) is 12.6. The van der Waals surface area contributed by atoms with Crippen molar-refractivity contribution in [1.29, 1.82) is 0 Å². The second-order valence-electron chi connectivity index (χ2n) is 6.02. The van der Waals surface area contributed by atoms with Gasteiger partial charge in [-0.2, -0.15) is 0 Å². The number of amides is 2. The highest BCUT2D eigenvalue weighted by Crippen LogP contribution is 2.29. The van der Waals surface area contributed by atoms with E-state index in [1.54, 1.807) is 18.2 Å². The van der Waals surface area contributed by atoms with Gasteiger partial charge < -0.3 is 4.57 Å². The van der Waals surface area contributed by atoms with Crippen molar-refractivity contribution >= 4 is 39.9 Å². The molecule has 0 radical (unpaired) electrons. The minimum absolute atomic E-state index is 0.231. The minimum Gasteiger partial charge on any atom is -0.347 e. The molecule has 0 bridgehead atoms. The van der Waals surface area contributed by atoms with Crippen LogP contribution in [-0.2, 0) is 17.8 Å². The molecular formula is C20H15FN2O2S. The number of aromatic nitrogens is 1. The SMILES string of the molecule is O=C1NC(=O)/C(=C/c2cccc3c2ccn3CCc2ccc(F)cc2)S1. The number of halogens is 1. The predicted molar refractivity (Wildman–Crippen MR) is 101 cm³/mol. The van der Waals surface area contributed by atoms with Crippen LogP contribution in [0.5, 0.6) is 0 Å². The number of hydrogen-bond acceptors (Lipinski definition) is 3. The van der Waals surface area contributed by atoms with E-state index < -0.39 is 0 Å². The standard InChI is InChI=1S/C20H15FN2O2S/c21-15-6-4-13(5-7-15)8-10-23-11-9-16-14(2-1-3-17(16)23)12-18-19(24)22-20(25)26-18/h1-7,9,11-12H,8,10H2,(H,22,24,25)/b18-12-. The highest BCUT2D eigenvalue weighted by Gasteiger charge is 2.25. The van der Waals surface area contributed by atoms with Crippen LogP contribution in [0.3, 0.4) is 0 Å². The van der Waals surface area contributed by atoms with Crippen molar-refractivity contribution in [2.45, 2.75) is 13.0 Å². The van der Waals surface area contributed by atoms with Crippen molar-refractivity contribution in [2.75, 3.05) is 0 Å². The first-order valence-corrected chi connectivity index (χ1v) is 8.99. The van der Waals surface area contributed by atoms with Gasteiger partial charge in [-0.15, -0.1) is 0 Å². The van der Waals surface area contributed by atoms with Crippen LogP contribution in [0.15, 0.2) is 59.6 Å². The number of imide groups is 1. The van der Waals surface area contributed by atoms with E-state index in [1.807, 2.05) is 30.5 Å². The first-order valence-electron chi connectivity index (χ1n) is 8.17. The third-order valence-electron chi connectivity index (χ3n) is 4.33. The van der Waals surface area contributed by atoms with Crippen molar-refractivity contribution in [2.24, 2.45) is 0 Å². The van der Waals surface area contributed by atoms with E-state index in [0.717, 1.165) is 46.8 Å². The predicted octanol–water partition coefficient (Wildman–Crippen LogP) is 4.35. The number of hydrogen-bond donors (Lipinski definition) is 1. The molecule has 1 aromatic heterocycles. The number of rotatable bonds is 4. The Morgan fingerprint density at radius 3 is 2.62 bits per heavy atom. The molecule has 4 rings (SSSR count). The molecule has 2 heterocycles. The summed E-state index contributed by atoms with van der Waals surface area (Å²) in [5.41, 5.74) is 3.02. The Kier molecular flexibility index (Phi) is 4.34. The van der Waals surface area contributed by atoms with Crippen LogP contribution in [0.25, 0.3) is 17.0 Å². The molecule has 4 nitrogen and oxygen atoms in total. The Hall–Kier alpha value is -2.86. The molecule has 0 aliphatic carbocycles. The topological polar surface area (TPSA) is 51.1 Å². The number of aryl methyl sites for hydroxylation is 2. The summed E-state index contributed by atoms with van der Waals surface area (Å²) in [6.07, 6.45) is 4.54. The number of carbonyl (C=O) groups excluding carboxylic acids is 2. The molecule has 1 aliphatic rings. The van der Waals surface area contributed by atoms with Gasteiger partial charge in [-0.1, -0.05) is 24.3 Å². The summed E-state index contributed by atoms with van der Waals surface area (Å²) in [4.78, 5) is 23.5. The largest absolute Gasteiger partial charge is 0.347 e. The van der Waals surface area contributed by atoms with Crippen LogP contribution in [0, 0.1) is 5.82 Å². The first kappa shape index (κ1) is 16.6. The maximum absolute atomic E-state index is 13.0. The molecule has 0 atom stereocenters. The van der Waals surface area contributed by atoms with Gasteiger partial charge in [-0.05, 0) is 59.7 Å². The number of benzene rings is 2. The van der Waals surface area contributed by atoms with Gasteiger partial charge in [0.1, 0.15) is 5.82 Å². The summed E-state index contributed by atoms with van der Waals surface area (Å²) in [5, 5.41) is 2.95. The fraction of sp³-hybridized carbons (Fsp3) is 0.100. The Morgan fingerprint density at radius 2 is 1.88 bits per heavy atom. The average Bonchev–Trinajstić information content (AvgIpc) is 3.18. The number of fused-ring (bicyclic) bond motifs is 1. The van der Waals surface area contributed by atoms with Gasteiger partial charge in [-0.25, -0.2) is 4.39 Å².